The van der Waals surface area contributed by atoms with Crippen molar-refractivity contribution in [3.63, 3.8) is 0 Å². The lowest BCUT2D eigenvalue weighted by atomic mass is 9.67. The summed E-state index contributed by atoms with van der Waals surface area (Å²) in [5.41, 5.74) is 1.73. The average molecular weight is 274 g/mol. The van der Waals surface area contributed by atoms with Crippen molar-refractivity contribution >= 4 is 0 Å². The molecule has 2 atom stereocenters. The molecule has 2 nitrogen and oxygen atoms in total. The summed E-state index contributed by atoms with van der Waals surface area (Å²) >= 11 is 0. The van der Waals surface area contributed by atoms with E-state index < -0.39 is 5.60 Å². The maximum atomic E-state index is 11.1. The van der Waals surface area contributed by atoms with Crippen molar-refractivity contribution < 1.29 is 9.84 Å². The minimum atomic E-state index is -0.737. The zero-order valence-electron chi connectivity index (χ0n) is 12.7. The third-order valence-electron chi connectivity index (χ3n) is 5.50. The molecule has 1 aliphatic carbocycles. The molecule has 1 heterocycles. The van der Waals surface area contributed by atoms with Gasteiger partial charge in [-0.1, -0.05) is 31.2 Å². The van der Waals surface area contributed by atoms with Gasteiger partial charge in [-0.3, -0.25) is 0 Å². The third kappa shape index (κ3) is 2.40. The molecule has 1 aromatic rings. The Bertz CT molecular complexity index is 457. The molecule has 0 bridgehead atoms. The van der Waals surface area contributed by atoms with E-state index in [2.05, 4.69) is 31.2 Å². The van der Waals surface area contributed by atoms with Crippen molar-refractivity contribution in [2.24, 2.45) is 5.92 Å². The Labute approximate surface area is 122 Å². The second-order valence-electron chi connectivity index (χ2n) is 6.77. The van der Waals surface area contributed by atoms with Crippen LogP contribution in [0.3, 0.4) is 0 Å². The van der Waals surface area contributed by atoms with E-state index in [0.29, 0.717) is 5.92 Å². The van der Waals surface area contributed by atoms with E-state index in [4.69, 9.17) is 4.74 Å². The summed E-state index contributed by atoms with van der Waals surface area (Å²) in [6, 6.07) is 8.48. The Morgan fingerprint density at radius 2 is 2.00 bits per heavy atom. The molecular formula is C18H26O2. The molecule has 0 aromatic heterocycles. The molecule has 3 rings (SSSR count). The van der Waals surface area contributed by atoms with Gasteiger partial charge in [-0.15, -0.1) is 0 Å². The standard InChI is InChI=1S/C18H26O2/c1-3-14-5-7-15(8-6-14)17(2,19)16-9-12-20-18(13-16)10-4-11-18/h5-8,16,19H,3-4,9-13H2,1-2H3. The molecule has 2 aliphatic rings. The number of rotatable bonds is 3. The molecule has 0 amide bonds. The topological polar surface area (TPSA) is 29.5 Å². The van der Waals surface area contributed by atoms with Gasteiger partial charge >= 0.3 is 0 Å². The first-order chi connectivity index (χ1) is 9.56. The molecule has 1 spiro atoms. The Balaban J connectivity index is 1.78. The van der Waals surface area contributed by atoms with Gasteiger partial charge in [-0.05, 0) is 62.5 Å². The highest BCUT2D eigenvalue weighted by Crippen LogP contribution is 2.48. The van der Waals surface area contributed by atoms with E-state index in [1.807, 2.05) is 6.92 Å². The highest BCUT2D eigenvalue weighted by Gasteiger charge is 2.47. The molecule has 20 heavy (non-hydrogen) atoms. The van der Waals surface area contributed by atoms with E-state index in [9.17, 15) is 5.11 Å². The van der Waals surface area contributed by atoms with E-state index in [1.165, 1.54) is 24.8 Å². The summed E-state index contributed by atoms with van der Waals surface area (Å²) in [6.07, 6.45) is 6.64. The van der Waals surface area contributed by atoms with Crippen molar-refractivity contribution in [1.29, 1.82) is 0 Å². The van der Waals surface area contributed by atoms with E-state index in [1.54, 1.807) is 0 Å². The van der Waals surface area contributed by atoms with Gasteiger partial charge in [-0.25, -0.2) is 0 Å². The minimum absolute atomic E-state index is 0.0935. The average Bonchev–Trinajstić information content (AvgIpc) is 2.46. The molecule has 1 saturated carbocycles. The van der Waals surface area contributed by atoms with Crippen LogP contribution in [0.5, 0.6) is 0 Å². The van der Waals surface area contributed by atoms with Crippen molar-refractivity contribution in [2.75, 3.05) is 6.61 Å². The minimum Gasteiger partial charge on any atom is -0.385 e. The van der Waals surface area contributed by atoms with Gasteiger partial charge < -0.3 is 9.84 Å². The molecule has 2 fully saturated rings. The number of hydrogen-bond donors (Lipinski definition) is 1. The Hall–Kier alpha value is -0.860. The number of aryl methyl sites for hydroxylation is 1. The summed E-state index contributed by atoms with van der Waals surface area (Å²) in [7, 11) is 0. The van der Waals surface area contributed by atoms with Crippen molar-refractivity contribution in [3.8, 4) is 0 Å². The smallest absolute Gasteiger partial charge is 0.0898 e. The maximum absolute atomic E-state index is 11.1. The van der Waals surface area contributed by atoms with Gasteiger partial charge in [-0.2, -0.15) is 0 Å². The zero-order valence-corrected chi connectivity index (χ0v) is 12.7. The van der Waals surface area contributed by atoms with E-state index >= 15 is 0 Å². The quantitative estimate of drug-likeness (QED) is 0.908. The van der Waals surface area contributed by atoms with Crippen LogP contribution in [-0.4, -0.2) is 17.3 Å². The number of hydrogen-bond acceptors (Lipinski definition) is 2. The lowest BCUT2D eigenvalue weighted by molar-refractivity contribution is -0.174. The fraction of sp³-hybridized carbons (Fsp3) is 0.667. The molecule has 1 aliphatic heterocycles. The van der Waals surface area contributed by atoms with Crippen LogP contribution in [0, 0.1) is 5.92 Å². The summed E-state index contributed by atoms with van der Waals surface area (Å²) in [6.45, 7) is 4.94. The maximum Gasteiger partial charge on any atom is 0.0898 e. The lowest BCUT2D eigenvalue weighted by Gasteiger charge is -2.50. The largest absolute Gasteiger partial charge is 0.385 e. The van der Waals surface area contributed by atoms with Crippen LogP contribution in [0.25, 0.3) is 0 Å². The molecule has 2 unspecified atom stereocenters. The van der Waals surface area contributed by atoms with Gasteiger partial charge in [0.05, 0.1) is 11.2 Å². The van der Waals surface area contributed by atoms with Gasteiger partial charge in [0.25, 0.3) is 0 Å². The monoisotopic (exact) mass is 274 g/mol. The summed E-state index contributed by atoms with van der Waals surface area (Å²) in [5.74, 6) is 0.309. The van der Waals surface area contributed by atoms with Gasteiger partial charge in [0.1, 0.15) is 0 Å². The SMILES string of the molecule is CCc1ccc(C(C)(O)C2CCOC3(CCC3)C2)cc1. The predicted octanol–water partition coefficient (Wildman–Crippen LogP) is 3.81. The van der Waals surface area contributed by atoms with Gasteiger partial charge in [0.15, 0.2) is 0 Å². The molecule has 0 radical (unpaired) electrons. The van der Waals surface area contributed by atoms with E-state index in [0.717, 1.165) is 31.4 Å². The normalized spacial score (nSPS) is 27.9. The first-order valence-electron chi connectivity index (χ1n) is 8.01. The second-order valence-corrected chi connectivity index (χ2v) is 6.77. The van der Waals surface area contributed by atoms with Crippen LogP contribution in [0.1, 0.15) is 57.1 Å². The fourth-order valence-corrected chi connectivity index (χ4v) is 3.74. The molecule has 110 valence electrons. The third-order valence-corrected chi connectivity index (χ3v) is 5.50. The van der Waals surface area contributed by atoms with Crippen LogP contribution < -0.4 is 0 Å². The summed E-state index contributed by atoms with van der Waals surface area (Å²) < 4.78 is 5.99. The number of ether oxygens (including phenoxy) is 1. The van der Waals surface area contributed by atoms with Crippen LogP contribution in [0.4, 0.5) is 0 Å². The highest BCUT2D eigenvalue weighted by molar-refractivity contribution is 5.27. The lowest BCUT2D eigenvalue weighted by Crippen LogP contribution is -2.49. The number of aliphatic hydroxyl groups is 1. The van der Waals surface area contributed by atoms with Gasteiger partial charge in [0, 0.05) is 6.61 Å². The zero-order chi connectivity index (χ0) is 14.2. The molecule has 2 heteroatoms. The van der Waals surface area contributed by atoms with Crippen LogP contribution >= 0.6 is 0 Å². The van der Waals surface area contributed by atoms with Crippen LogP contribution in [0.2, 0.25) is 0 Å². The Kier molecular flexibility index (Phi) is 3.64. The molecule has 1 aromatic carbocycles. The first-order valence-corrected chi connectivity index (χ1v) is 8.01. The Morgan fingerprint density at radius 3 is 2.55 bits per heavy atom. The highest BCUT2D eigenvalue weighted by atomic mass is 16.5. The molecular weight excluding hydrogens is 248 g/mol. The molecule has 1 saturated heterocycles. The van der Waals surface area contributed by atoms with Crippen molar-refractivity contribution in [3.05, 3.63) is 35.4 Å². The second kappa shape index (κ2) is 5.16. The van der Waals surface area contributed by atoms with Crippen molar-refractivity contribution in [2.45, 2.75) is 63.6 Å². The van der Waals surface area contributed by atoms with Crippen LogP contribution in [0.15, 0.2) is 24.3 Å². The van der Waals surface area contributed by atoms with Crippen LogP contribution in [-0.2, 0) is 16.8 Å². The van der Waals surface area contributed by atoms with Gasteiger partial charge in [0.2, 0.25) is 0 Å². The predicted molar refractivity (Wildman–Crippen MR) is 80.6 cm³/mol. The number of benzene rings is 1. The molecule has 1 N–H and O–H groups in total. The summed E-state index contributed by atoms with van der Waals surface area (Å²) in [5, 5.41) is 11.1. The Morgan fingerprint density at radius 1 is 1.30 bits per heavy atom. The van der Waals surface area contributed by atoms with E-state index in [-0.39, 0.29) is 5.60 Å². The first kappa shape index (κ1) is 14.1. The summed E-state index contributed by atoms with van der Waals surface area (Å²) in [4.78, 5) is 0. The van der Waals surface area contributed by atoms with Crippen molar-refractivity contribution in [1.82, 2.24) is 0 Å². The fourth-order valence-electron chi connectivity index (χ4n) is 3.74.